The number of fused-ring (bicyclic) bond motifs is 1. The lowest BCUT2D eigenvalue weighted by Crippen LogP contribution is -2.60. The molecule has 0 saturated carbocycles. The maximum atomic E-state index is 14.7. The minimum Gasteiger partial charge on any atom is -0.461 e. The predicted molar refractivity (Wildman–Crippen MR) is 161 cm³/mol. The van der Waals surface area contributed by atoms with Crippen molar-refractivity contribution in [2.75, 3.05) is 26.3 Å². The highest BCUT2D eigenvalue weighted by molar-refractivity contribution is 9.09. The number of likely N-dealkylation sites (tertiary alicyclic amines) is 1. The summed E-state index contributed by atoms with van der Waals surface area (Å²) in [5, 5.41) is 9.04. The number of ether oxygens (including phenoxy) is 1. The van der Waals surface area contributed by atoms with E-state index in [1.54, 1.807) is 22.7 Å². The van der Waals surface area contributed by atoms with Crippen molar-refractivity contribution in [3.8, 4) is 0 Å². The third kappa shape index (κ3) is 6.45. The highest BCUT2D eigenvalue weighted by Crippen LogP contribution is 2.68. The van der Waals surface area contributed by atoms with E-state index in [-0.39, 0.29) is 46.5 Å². The Bertz CT molecular complexity index is 950. The molecule has 3 aliphatic heterocycles. The van der Waals surface area contributed by atoms with Gasteiger partial charge in [-0.25, -0.2) is 0 Å². The van der Waals surface area contributed by atoms with Crippen LogP contribution in [0, 0.1) is 17.3 Å². The molecule has 9 heteroatoms. The van der Waals surface area contributed by atoms with Crippen molar-refractivity contribution >= 4 is 45.5 Å². The van der Waals surface area contributed by atoms with Crippen LogP contribution in [0.1, 0.15) is 73.1 Å². The highest BCUT2D eigenvalue weighted by atomic mass is 79.9. The molecule has 3 unspecified atom stereocenters. The molecule has 2 bridgehead atoms. The topological polar surface area (TPSA) is 87.1 Å². The molecule has 0 aromatic carbocycles. The van der Waals surface area contributed by atoms with Gasteiger partial charge < -0.3 is 19.6 Å². The zero-order valence-electron chi connectivity index (χ0n) is 24.3. The van der Waals surface area contributed by atoms with Crippen LogP contribution in [0.3, 0.4) is 0 Å². The summed E-state index contributed by atoms with van der Waals surface area (Å²) in [4.78, 5) is 45.9. The zero-order chi connectivity index (χ0) is 29.2. The van der Waals surface area contributed by atoms with E-state index in [2.05, 4.69) is 63.7 Å². The van der Waals surface area contributed by atoms with Crippen molar-refractivity contribution in [1.29, 1.82) is 0 Å². The molecular formula is C30H47BrN2O5S. The van der Waals surface area contributed by atoms with Gasteiger partial charge in [0.25, 0.3) is 0 Å². The van der Waals surface area contributed by atoms with Crippen molar-refractivity contribution in [3.63, 3.8) is 0 Å². The van der Waals surface area contributed by atoms with Gasteiger partial charge in [-0.2, -0.15) is 0 Å². The average molecular weight is 628 g/mol. The van der Waals surface area contributed by atoms with Crippen molar-refractivity contribution in [3.05, 3.63) is 25.3 Å². The number of thioether (sulfide) groups is 1. The molecule has 0 aromatic rings. The Morgan fingerprint density at radius 2 is 1.85 bits per heavy atom. The minimum atomic E-state index is -0.701. The summed E-state index contributed by atoms with van der Waals surface area (Å²) in [6, 6.07) is -0.667. The Kier molecular flexibility index (Phi) is 10.5. The number of alkyl halides is 1. The van der Waals surface area contributed by atoms with Crippen LogP contribution in [-0.2, 0) is 19.1 Å². The van der Waals surface area contributed by atoms with E-state index in [1.807, 2.05) is 4.90 Å². The summed E-state index contributed by atoms with van der Waals surface area (Å²) in [5.74, 6) is -1.77. The lowest BCUT2D eigenvalue weighted by molar-refractivity contribution is -0.153. The van der Waals surface area contributed by atoms with Crippen LogP contribution in [0.5, 0.6) is 0 Å². The number of hydrogen-bond acceptors (Lipinski definition) is 6. The number of esters is 1. The number of unbranched alkanes of at least 4 members (excludes halogenated alkanes) is 3. The number of carbonyl (C=O) groups excluding carboxylic acids is 3. The summed E-state index contributed by atoms with van der Waals surface area (Å²) < 4.78 is 4.79. The second-order valence-corrected chi connectivity index (χ2v) is 15.8. The van der Waals surface area contributed by atoms with Crippen molar-refractivity contribution < 1.29 is 24.2 Å². The summed E-state index contributed by atoms with van der Waals surface area (Å²) in [7, 11) is 0. The molecule has 220 valence electrons. The van der Waals surface area contributed by atoms with Gasteiger partial charge in [-0.3, -0.25) is 14.4 Å². The third-order valence-corrected chi connectivity index (χ3v) is 11.4. The Labute approximate surface area is 247 Å². The molecule has 3 heterocycles. The van der Waals surface area contributed by atoms with Crippen molar-refractivity contribution in [2.24, 2.45) is 17.3 Å². The number of aliphatic hydroxyl groups excluding tert-OH is 1. The van der Waals surface area contributed by atoms with Crippen LogP contribution < -0.4 is 0 Å². The number of rotatable bonds is 14. The van der Waals surface area contributed by atoms with Crippen molar-refractivity contribution in [1.82, 2.24) is 9.80 Å². The quantitative estimate of drug-likeness (QED) is 0.127. The third-order valence-electron chi connectivity index (χ3n) is 8.22. The zero-order valence-corrected chi connectivity index (χ0v) is 26.7. The Morgan fingerprint density at radius 3 is 2.44 bits per heavy atom. The molecule has 39 heavy (non-hydrogen) atoms. The molecule has 0 aliphatic carbocycles. The van der Waals surface area contributed by atoms with Gasteiger partial charge in [0, 0.05) is 35.3 Å². The molecule has 7 nitrogen and oxygen atoms in total. The maximum absolute atomic E-state index is 14.7. The molecule has 3 fully saturated rings. The van der Waals surface area contributed by atoms with Crippen LogP contribution in [0.15, 0.2) is 25.3 Å². The number of nitrogens with zero attached hydrogens (tertiary/aromatic N) is 2. The van der Waals surface area contributed by atoms with Crippen LogP contribution in [-0.4, -0.2) is 85.4 Å². The monoisotopic (exact) mass is 626 g/mol. The maximum Gasteiger partial charge on any atom is 0.311 e. The second-order valence-electron chi connectivity index (χ2n) is 13.0. The van der Waals surface area contributed by atoms with Crippen LogP contribution in [0.4, 0.5) is 0 Å². The Hall–Kier alpha value is -1.32. The van der Waals surface area contributed by atoms with E-state index in [0.717, 1.165) is 32.1 Å². The van der Waals surface area contributed by atoms with Gasteiger partial charge in [0.05, 0.1) is 16.6 Å². The van der Waals surface area contributed by atoms with Gasteiger partial charge in [-0.05, 0) is 44.9 Å². The van der Waals surface area contributed by atoms with Crippen molar-refractivity contribution in [2.45, 2.75) is 99.5 Å². The first-order chi connectivity index (χ1) is 18.3. The van der Waals surface area contributed by atoms with Gasteiger partial charge >= 0.3 is 5.97 Å². The van der Waals surface area contributed by atoms with Gasteiger partial charge in [-0.1, -0.05) is 68.3 Å². The molecular weight excluding hydrogens is 580 g/mol. The van der Waals surface area contributed by atoms with E-state index in [9.17, 15) is 14.4 Å². The first kappa shape index (κ1) is 32.2. The highest BCUT2D eigenvalue weighted by Gasteiger charge is 2.76. The molecule has 1 N–H and O–H groups in total. The molecule has 3 saturated heterocycles. The second kappa shape index (κ2) is 12.7. The van der Waals surface area contributed by atoms with Crippen LogP contribution >= 0.6 is 27.7 Å². The normalized spacial score (nSPS) is 29.9. The average Bonchev–Trinajstić information content (AvgIpc) is 3.42. The van der Waals surface area contributed by atoms with Gasteiger partial charge in [0.2, 0.25) is 11.8 Å². The fourth-order valence-electron chi connectivity index (χ4n) is 7.21. The molecule has 3 aliphatic rings. The number of halogens is 1. The molecule has 0 aromatic heterocycles. The molecule has 2 amide bonds. The summed E-state index contributed by atoms with van der Waals surface area (Å²) >= 11 is 5.44. The van der Waals surface area contributed by atoms with Gasteiger partial charge in [0.1, 0.15) is 12.6 Å². The molecule has 6 atom stereocenters. The first-order valence-corrected chi connectivity index (χ1v) is 16.0. The van der Waals surface area contributed by atoms with E-state index in [4.69, 9.17) is 9.84 Å². The van der Waals surface area contributed by atoms with Crippen LogP contribution in [0.25, 0.3) is 0 Å². The van der Waals surface area contributed by atoms with E-state index < -0.39 is 28.2 Å². The number of hydrogen-bond donors (Lipinski definition) is 1. The van der Waals surface area contributed by atoms with Gasteiger partial charge in [-0.15, -0.1) is 18.3 Å². The first-order valence-electron chi connectivity index (χ1n) is 14.2. The molecule has 3 rings (SSSR count). The lowest BCUT2D eigenvalue weighted by Gasteiger charge is -2.46. The smallest absolute Gasteiger partial charge is 0.311 e. The summed E-state index contributed by atoms with van der Waals surface area (Å²) in [5.41, 5.74) is -0.477. The molecule has 1 spiro atoms. The van der Waals surface area contributed by atoms with Crippen LogP contribution in [0.2, 0.25) is 0 Å². The number of amides is 2. The fourth-order valence-corrected chi connectivity index (χ4v) is 10.8. The molecule has 0 radical (unpaired) electrons. The Balaban J connectivity index is 2.03. The number of carbonyl (C=O) groups is 3. The van der Waals surface area contributed by atoms with E-state index in [0.29, 0.717) is 19.5 Å². The fraction of sp³-hybridized carbons (Fsp3) is 0.767. The van der Waals surface area contributed by atoms with E-state index >= 15 is 0 Å². The summed E-state index contributed by atoms with van der Waals surface area (Å²) in [6.45, 7) is 19.4. The summed E-state index contributed by atoms with van der Waals surface area (Å²) in [6.07, 6.45) is 7.90. The Morgan fingerprint density at radius 1 is 1.18 bits per heavy atom. The standard InChI is InChI=1S/C30H47BrN2O5S/c1-8-14-33(29(6,7)19-28(3,4)5)26(36)24-30-18-20(31)23(39-30)21(27(37)38-17-9-2)22(30)25(35)32(24)15-12-10-11-13-16-34/h8-9,20-24,34H,1-2,10-19H2,3-7H3/t20?,21-,22-,23-,24?,30?/m0/s1. The lowest BCUT2D eigenvalue weighted by atomic mass is 9.70. The van der Waals surface area contributed by atoms with Gasteiger partial charge in [0.15, 0.2) is 0 Å². The number of aliphatic hydroxyl groups is 1. The van der Waals surface area contributed by atoms with E-state index in [1.165, 1.54) is 6.08 Å². The minimum absolute atomic E-state index is 0.00285. The predicted octanol–water partition coefficient (Wildman–Crippen LogP) is 4.96. The SMILES string of the molecule is C=CCOC(=O)[C@H]1[C@H]2C(=O)N(CCCCCCO)C(C(=O)N(CC=C)C(C)(C)CC(C)(C)C)C23CC(Br)[C@@H]1S3. The largest absolute Gasteiger partial charge is 0.461 e.